The van der Waals surface area contributed by atoms with Crippen LogP contribution in [0.25, 0.3) is 11.4 Å². The van der Waals surface area contributed by atoms with Gasteiger partial charge >= 0.3 is 5.97 Å². The minimum absolute atomic E-state index is 0.0192. The highest BCUT2D eigenvalue weighted by atomic mass is 16.6. The first-order valence-corrected chi connectivity index (χ1v) is 9.32. The quantitative estimate of drug-likeness (QED) is 0.327. The van der Waals surface area contributed by atoms with Gasteiger partial charge in [0.2, 0.25) is 0 Å². The van der Waals surface area contributed by atoms with E-state index in [1.807, 2.05) is 0 Å². The fraction of sp³-hybridized carbons (Fsp3) is 0.238. The SMILES string of the molecule is CCOC(=O)c1ccc(OC[C@H](O)Cn2ccnc2-c2cccc([N+](=O)[O-])c2)cc1. The molecule has 0 radical (unpaired) electrons. The Morgan fingerprint density at radius 1 is 1.27 bits per heavy atom. The predicted octanol–water partition coefficient (Wildman–Crippen LogP) is 3.07. The number of rotatable bonds is 9. The Balaban J connectivity index is 1.60. The fourth-order valence-electron chi connectivity index (χ4n) is 2.85. The molecule has 0 unspecified atom stereocenters. The first kappa shape index (κ1) is 21.0. The van der Waals surface area contributed by atoms with Gasteiger partial charge in [0.15, 0.2) is 0 Å². The molecule has 1 N–H and O–H groups in total. The first-order chi connectivity index (χ1) is 14.5. The lowest BCUT2D eigenvalue weighted by Crippen LogP contribution is -2.23. The molecule has 1 atom stereocenters. The summed E-state index contributed by atoms with van der Waals surface area (Å²) in [6, 6.07) is 12.6. The number of hydrogen-bond donors (Lipinski definition) is 1. The van der Waals surface area contributed by atoms with Gasteiger partial charge < -0.3 is 19.1 Å². The molecule has 9 nitrogen and oxygen atoms in total. The summed E-state index contributed by atoms with van der Waals surface area (Å²) in [4.78, 5) is 26.4. The Morgan fingerprint density at radius 2 is 2.03 bits per heavy atom. The maximum absolute atomic E-state index is 11.7. The van der Waals surface area contributed by atoms with Crippen molar-refractivity contribution < 1.29 is 24.3 Å². The minimum Gasteiger partial charge on any atom is -0.491 e. The smallest absolute Gasteiger partial charge is 0.338 e. The standard InChI is InChI=1S/C21H21N3O6/c1-2-29-21(26)15-6-8-19(9-7-15)30-14-18(25)13-23-11-10-22-20(23)16-4-3-5-17(12-16)24(27)28/h3-12,18,25H,2,13-14H2,1H3/t18-/m1/s1. The van der Waals surface area contributed by atoms with Crippen LogP contribution in [0.5, 0.6) is 5.75 Å². The number of non-ortho nitro benzene ring substituents is 1. The zero-order chi connectivity index (χ0) is 21.5. The van der Waals surface area contributed by atoms with E-state index in [0.717, 1.165) is 0 Å². The van der Waals surface area contributed by atoms with Crippen LogP contribution in [0.2, 0.25) is 0 Å². The summed E-state index contributed by atoms with van der Waals surface area (Å²) < 4.78 is 12.2. The van der Waals surface area contributed by atoms with Crippen molar-refractivity contribution >= 4 is 11.7 Å². The van der Waals surface area contributed by atoms with Gasteiger partial charge in [-0.05, 0) is 31.2 Å². The predicted molar refractivity (Wildman–Crippen MR) is 108 cm³/mol. The number of imidazole rings is 1. The molecule has 3 rings (SSSR count). The number of aliphatic hydroxyl groups is 1. The molecule has 0 bridgehead atoms. The van der Waals surface area contributed by atoms with Crippen LogP contribution < -0.4 is 4.74 Å². The summed E-state index contributed by atoms with van der Waals surface area (Å²) in [6.07, 6.45) is 2.41. The van der Waals surface area contributed by atoms with Gasteiger partial charge in [0.1, 0.15) is 24.3 Å². The van der Waals surface area contributed by atoms with Gasteiger partial charge in [0, 0.05) is 30.1 Å². The van der Waals surface area contributed by atoms with Crippen LogP contribution in [0, 0.1) is 10.1 Å². The maximum atomic E-state index is 11.7. The Kier molecular flexibility index (Phi) is 6.76. The minimum atomic E-state index is -0.846. The Bertz CT molecular complexity index is 1020. The Labute approximate surface area is 172 Å². The van der Waals surface area contributed by atoms with Crippen molar-refractivity contribution in [2.24, 2.45) is 0 Å². The molecule has 30 heavy (non-hydrogen) atoms. The summed E-state index contributed by atoms with van der Waals surface area (Å²) in [7, 11) is 0. The summed E-state index contributed by atoms with van der Waals surface area (Å²) in [5.41, 5.74) is 0.971. The molecule has 0 aliphatic heterocycles. The molecular weight excluding hydrogens is 390 g/mol. The van der Waals surface area contributed by atoms with Crippen LogP contribution in [0.4, 0.5) is 5.69 Å². The van der Waals surface area contributed by atoms with E-state index in [-0.39, 0.29) is 18.8 Å². The number of ether oxygens (including phenoxy) is 2. The molecule has 0 spiro atoms. The summed E-state index contributed by atoms with van der Waals surface area (Å²) in [5, 5.41) is 21.3. The van der Waals surface area contributed by atoms with E-state index >= 15 is 0 Å². The second-order valence-corrected chi connectivity index (χ2v) is 6.42. The van der Waals surface area contributed by atoms with Gasteiger partial charge in [0.05, 0.1) is 23.6 Å². The van der Waals surface area contributed by atoms with E-state index in [1.165, 1.54) is 12.1 Å². The topological polar surface area (TPSA) is 117 Å². The number of benzene rings is 2. The number of aromatic nitrogens is 2. The van der Waals surface area contributed by atoms with E-state index in [1.54, 1.807) is 60.3 Å². The number of carbonyl (C=O) groups is 1. The number of esters is 1. The number of nitro groups is 1. The van der Waals surface area contributed by atoms with Gasteiger partial charge in [0.25, 0.3) is 5.69 Å². The van der Waals surface area contributed by atoms with Crippen LogP contribution in [0.3, 0.4) is 0 Å². The zero-order valence-electron chi connectivity index (χ0n) is 16.3. The van der Waals surface area contributed by atoms with Gasteiger partial charge in [-0.1, -0.05) is 12.1 Å². The number of aliphatic hydroxyl groups excluding tert-OH is 1. The highest BCUT2D eigenvalue weighted by Gasteiger charge is 2.14. The normalized spacial score (nSPS) is 11.7. The number of nitro benzene ring substituents is 1. The molecule has 0 aliphatic carbocycles. The summed E-state index contributed by atoms with van der Waals surface area (Å²) in [5.74, 6) is 0.612. The van der Waals surface area contributed by atoms with Crippen molar-refractivity contribution in [2.45, 2.75) is 19.6 Å². The van der Waals surface area contributed by atoms with E-state index in [0.29, 0.717) is 29.3 Å². The Hall–Kier alpha value is -3.72. The zero-order valence-corrected chi connectivity index (χ0v) is 16.3. The van der Waals surface area contributed by atoms with Gasteiger partial charge in [-0.25, -0.2) is 9.78 Å². The molecular formula is C21H21N3O6. The third-order valence-electron chi connectivity index (χ3n) is 4.25. The lowest BCUT2D eigenvalue weighted by Gasteiger charge is -2.15. The number of hydrogen-bond acceptors (Lipinski definition) is 7. The van der Waals surface area contributed by atoms with Crippen molar-refractivity contribution in [3.8, 4) is 17.1 Å². The molecule has 0 aliphatic rings. The highest BCUT2D eigenvalue weighted by molar-refractivity contribution is 5.89. The third kappa shape index (κ3) is 5.21. The van der Waals surface area contributed by atoms with Crippen molar-refractivity contribution in [3.63, 3.8) is 0 Å². The second kappa shape index (κ2) is 9.66. The largest absolute Gasteiger partial charge is 0.491 e. The third-order valence-corrected chi connectivity index (χ3v) is 4.25. The fourth-order valence-corrected chi connectivity index (χ4v) is 2.85. The van der Waals surface area contributed by atoms with Gasteiger partial charge in [-0.2, -0.15) is 0 Å². The molecule has 3 aromatic rings. The molecule has 1 aromatic heterocycles. The first-order valence-electron chi connectivity index (χ1n) is 9.32. The average molecular weight is 411 g/mol. The van der Waals surface area contributed by atoms with Crippen LogP contribution in [0.1, 0.15) is 17.3 Å². The molecule has 9 heteroatoms. The lowest BCUT2D eigenvalue weighted by molar-refractivity contribution is -0.384. The van der Waals surface area contributed by atoms with Crippen molar-refractivity contribution in [2.75, 3.05) is 13.2 Å². The maximum Gasteiger partial charge on any atom is 0.338 e. The van der Waals surface area contributed by atoms with Crippen molar-refractivity contribution in [1.82, 2.24) is 9.55 Å². The monoisotopic (exact) mass is 411 g/mol. The Morgan fingerprint density at radius 3 is 2.73 bits per heavy atom. The number of carbonyl (C=O) groups excluding carboxylic acids is 1. The molecule has 0 amide bonds. The van der Waals surface area contributed by atoms with Gasteiger partial charge in [-0.15, -0.1) is 0 Å². The molecule has 2 aromatic carbocycles. The van der Waals surface area contributed by atoms with Crippen LogP contribution in [-0.4, -0.2) is 44.9 Å². The molecule has 156 valence electrons. The molecule has 0 fully saturated rings. The van der Waals surface area contributed by atoms with E-state index in [2.05, 4.69) is 4.98 Å². The average Bonchev–Trinajstić information content (AvgIpc) is 3.21. The highest BCUT2D eigenvalue weighted by Crippen LogP contribution is 2.23. The lowest BCUT2D eigenvalue weighted by atomic mass is 10.2. The van der Waals surface area contributed by atoms with Gasteiger partial charge in [-0.3, -0.25) is 10.1 Å². The van der Waals surface area contributed by atoms with E-state index < -0.39 is 17.0 Å². The van der Waals surface area contributed by atoms with Crippen LogP contribution >= 0.6 is 0 Å². The van der Waals surface area contributed by atoms with Crippen LogP contribution in [0.15, 0.2) is 60.9 Å². The van der Waals surface area contributed by atoms with Crippen molar-refractivity contribution in [1.29, 1.82) is 0 Å². The number of nitrogens with zero attached hydrogens (tertiary/aromatic N) is 3. The molecule has 1 heterocycles. The van der Waals surface area contributed by atoms with Crippen molar-refractivity contribution in [3.05, 3.63) is 76.6 Å². The van der Waals surface area contributed by atoms with E-state index in [9.17, 15) is 20.0 Å². The summed E-state index contributed by atoms with van der Waals surface area (Å²) >= 11 is 0. The molecule has 0 saturated heterocycles. The van der Waals surface area contributed by atoms with E-state index in [4.69, 9.17) is 9.47 Å². The summed E-state index contributed by atoms with van der Waals surface area (Å²) in [6.45, 7) is 2.25. The second-order valence-electron chi connectivity index (χ2n) is 6.42. The van der Waals surface area contributed by atoms with Crippen LogP contribution in [-0.2, 0) is 11.3 Å². The molecule has 0 saturated carbocycles.